The number of benzene rings is 2. The zero-order valence-electron chi connectivity index (χ0n) is 14.5. The van der Waals surface area contributed by atoms with E-state index >= 15 is 0 Å². The Labute approximate surface area is 155 Å². The molecule has 0 fully saturated rings. The number of hydrogen-bond acceptors (Lipinski definition) is 6. The maximum absolute atomic E-state index is 5.75. The second kappa shape index (κ2) is 7.21. The van der Waals surface area contributed by atoms with E-state index in [2.05, 4.69) is 20.2 Å². The molecule has 0 aliphatic rings. The van der Waals surface area contributed by atoms with Crippen molar-refractivity contribution in [2.24, 2.45) is 0 Å². The number of H-pyrrole nitrogens is 1. The van der Waals surface area contributed by atoms with Crippen LogP contribution in [0.3, 0.4) is 0 Å². The van der Waals surface area contributed by atoms with Crippen LogP contribution in [0, 0.1) is 6.92 Å². The molecule has 0 aliphatic heterocycles. The summed E-state index contributed by atoms with van der Waals surface area (Å²) < 4.78 is 11.3. The van der Waals surface area contributed by atoms with Crippen molar-refractivity contribution >= 4 is 22.8 Å². The molecular formula is C19H18N4O2S. The van der Waals surface area contributed by atoms with Crippen molar-refractivity contribution in [2.75, 3.05) is 6.61 Å². The summed E-state index contributed by atoms with van der Waals surface area (Å²) in [7, 11) is 0. The number of thioether (sulfide) groups is 1. The Morgan fingerprint density at radius 2 is 1.96 bits per heavy atom. The van der Waals surface area contributed by atoms with E-state index in [4.69, 9.17) is 9.15 Å². The Morgan fingerprint density at radius 3 is 2.77 bits per heavy atom. The number of aromatic amines is 1. The third-order valence-electron chi connectivity index (χ3n) is 3.84. The Balaban J connectivity index is 1.45. The van der Waals surface area contributed by atoms with Crippen molar-refractivity contribution in [2.45, 2.75) is 24.8 Å². The first kappa shape index (κ1) is 16.7. The number of nitrogens with zero attached hydrogens (tertiary/aromatic N) is 3. The molecule has 132 valence electrons. The maximum Gasteiger partial charge on any atom is 0.247 e. The zero-order chi connectivity index (χ0) is 17.9. The topological polar surface area (TPSA) is 76.8 Å². The first-order chi connectivity index (χ1) is 12.7. The minimum absolute atomic E-state index is 0.534. The number of aromatic nitrogens is 4. The summed E-state index contributed by atoms with van der Waals surface area (Å²) in [4.78, 5) is 7.86. The van der Waals surface area contributed by atoms with E-state index in [-0.39, 0.29) is 0 Å². The molecule has 0 atom stereocenters. The standard InChI is InChI=1S/C19H18N4O2S/c1-3-24-14-8-9-15-16(10-14)21-19(20-15)26-11-17-22-23-18(25-17)13-6-4-12(2)5-7-13/h4-10H,3,11H2,1-2H3,(H,20,21). The minimum Gasteiger partial charge on any atom is -0.494 e. The van der Waals surface area contributed by atoms with Gasteiger partial charge in [0.25, 0.3) is 0 Å². The van der Waals surface area contributed by atoms with Crippen LogP contribution < -0.4 is 4.74 Å². The molecule has 2 aromatic heterocycles. The molecule has 6 nitrogen and oxygen atoms in total. The number of hydrogen-bond donors (Lipinski definition) is 1. The Kier molecular flexibility index (Phi) is 4.62. The van der Waals surface area contributed by atoms with Gasteiger partial charge in [0.1, 0.15) is 5.75 Å². The Hall–Kier alpha value is -2.80. The molecule has 26 heavy (non-hydrogen) atoms. The summed E-state index contributed by atoms with van der Waals surface area (Å²) in [6.45, 7) is 4.65. The van der Waals surface area contributed by atoms with Crippen molar-refractivity contribution in [3.05, 3.63) is 53.9 Å². The van der Waals surface area contributed by atoms with E-state index in [1.165, 1.54) is 17.3 Å². The largest absolute Gasteiger partial charge is 0.494 e. The number of aryl methyl sites for hydroxylation is 1. The number of fused-ring (bicyclic) bond motifs is 1. The van der Waals surface area contributed by atoms with Gasteiger partial charge in [-0.05, 0) is 38.1 Å². The van der Waals surface area contributed by atoms with Crippen LogP contribution in [0.1, 0.15) is 18.4 Å². The lowest BCUT2D eigenvalue weighted by Crippen LogP contribution is -1.90. The summed E-state index contributed by atoms with van der Waals surface area (Å²) in [5.41, 5.74) is 3.97. The summed E-state index contributed by atoms with van der Waals surface area (Å²) in [6, 6.07) is 13.8. The van der Waals surface area contributed by atoms with Gasteiger partial charge >= 0.3 is 0 Å². The van der Waals surface area contributed by atoms with Crippen molar-refractivity contribution in [1.82, 2.24) is 20.2 Å². The molecule has 4 aromatic rings. The van der Waals surface area contributed by atoms with Gasteiger partial charge in [-0.2, -0.15) is 0 Å². The van der Waals surface area contributed by atoms with Crippen LogP contribution in [0.4, 0.5) is 0 Å². The quantitative estimate of drug-likeness (QED) is 0.502. The molecule has 0 saturated carbocycles. The number of ether oxygens (including phenoxy) is 1. The van der Waals surface area contributed by atoms with E-state index in [0.717, 1.165) is 27.5 Å². The average molecular weight is 366 g/mol. The minimum atomic E-state index is 0.534. The van der Waals surface area contributed by atoms with Crippen LogP contribution >= 0.6 is 11.8 Å². The average Bonchev–Trinajstić information content (AvgIpc) is 3.27. The molecule has 0 spiro atoms. The highest BCUT2D eigenvalue weighted by atomic mass is 32.2. The van der Waals surface area contributed by atoms with Gasteiger partial charge in [-0.15, -0.1) is 10.2 Å². The zero-order valence-corrected chi connectivity index (χ0v) is 15.3. The fourth-order valence-corrected chi connectivity index (χ4v) is 3.27. The van der Waals surface area contributed by atoms with Gasteiger partial charge in [-0.1, -0.05) is 29.5 Å². The molecule has 2 aromatic carbocycles. The molecule has 7 heteroatoms. The molecule has 0 radical (unpaired) electrons. The van der Waals surface area contributed by atoms with Crippen LogP contribution in [0.15, 0.2) is 52.0 Å². The third kappa shape index (κ3) is 3.57. The molecule has 0 bridgehead atoms. The molecule has 0 unspecified atom stereocenters. The van der Waals surface area contributed by atoms with Crippen molar-refractivity contribution in [3.8, 4) is 17.2 Å². The summed E-state index contributed by atoms with van der Waals surface area (Å²) in [5, 5.41) is 9.06. The monoisotopic (exact) mass is 366 g/mol. The predicted molar refractivity (Wildman–Crippen MR) is 101 cm³/mol. The van der Waals surface area contributed by atoms with Gasteiger partial charge in [0, 0.05) is 11.6 Å². The predicted octanol–water partition coefficient (Wildman–Crippen LogP) is 4.61. The van der Waals surface area contributed by atoms with Gasteiger partial charge in [0.15, 0.2) is 5.16 Å². The number of rotatable bonds is 6. The van der Waals surface area contributed by atoms with Crippen molar-refractivity contribution in [1.29, 1.82) is 0 Å². The molecule has 2 heterocycles. The number of imidazole rings is 1. The van der Waals surface area contributed by atoms with Gasteiger partial charge in [-0.25, -0.2) is 4.98 Å². The van der Waals surface area contributed by atoms with Gasteiger partial charge in [0.05, 0.1) is 23.4 Å². The second-order valence-electron chi connectivity index (χ2n) is 5.81. The first-order valence-electron chi connectivity index (χ1n) is 8.36. The highest BCUT2D eigenvalue weighted by Crippen LogP contribution is 2.26. The van der Waals surface area contributed by atoms with Gasteiger partial charge < -0.3 is 14.1 Å². The lowest BCUT2D eigenvalue weighted by molar-refractivity contribution is 0.340. The van der Waals surface area contributed by atoms with Crippen LogP contribution in [0.2, 0.25) is 0 Å². The molecule has 0 saturated heterocycles. The van der Waals surface area contributed by atoms with E-state index in [1.807, 2.05) is 56.3 Å². The summed E-state index contributed by atoms with van der Waals surface area (Å²) in [5.74, 6) is 2.49. The third-order valence-corrected chi connectivity index (χ3v) is 4.70. The fourth-order valence-electron chi connectivity index (χ4n) is 2.54. The van der Waals surface area contributed by atoms with E-state index < -0.39 is 0 Å². The summed E-state index contributed by atoms with van der Waals surface area (Å²) >= 11 is 1.53. The van der Waals surface area contributed by atoms with Crippen LogP contribution in [0.25, 0.3) is 22.5 Å². The highest BCUT2D eigenvalue weighted by Gasteiger charge is 2.11. The first-order valence-corrected chi connectivity index (χ1v) is 9.34. The molecule has 0 aliphatic carbocycles. The summed E-state index contributed by atoms with van der Waals surface area (Å²) in [6.07, 6.45) is 0. The van der Waals surface area contributed by atoms with E-state index in [1.54, 1.807) is 0 Å². The second-order valence-corrected chi connectivity index (χ2v) is 6.77. The van der Waals surface area contributed by atoms with Crippen LogP contribution in [-0.2, 0) is 5.75 Å². The van der Waals surface area contributed by atoms with Crippen LogP contribution in [0.5, 0.6) is 5.75 Å². The smallest absolute Gasteiger partial charge is 0.247 e. The van der Waals surface area contributed by atoms with Gasteiger partial charge in [-0.3, -0.25) is 0 Å². The SMILES string of the molecule is CCOc1ccc2nc(SCc3nnc(-c4ccc(C)cc4)o3)[nH]c2c1. The van der Waals surface area contributed by atoms with Crippen molar-refractivity contribution in [3.63, 3.8) is 0 Å². The molecule has 1 N–H and O–H groups in total. The highest BCUT2D eigenvalue weighted by molar-refractivity contribution is 7.98. The van der Waals surface area contributed by atoms with Gasteiger partial charge in [0.2, 0.25) is 11.8 Å². The Morgan fingerprint density at radius 1 is 1.12 bits per heavy atom. The Bertz CT molecular complexity index is 1020. The molecule has 0 amide bonds. The maximum atomic E-state index is 5.75. The normalized spacial score (nSPS) is 11.2. The fraction of sp³-hybridized carbons (Fsp3) is 0.211. The molecular weight excluding hydrogens is 348 g/mol. The molecule has 4 rings (SSSR count). The van der Waals surface area contributed by atoms with Crippen LogP contribution in [-0.4, -0.2) is 26.8 Å². The van der Waals surface area contributed by atoms with Crippen molar-refractivity contribution < 1.29 is 9.15 Å². The van der Waals surface area contributed by atoms with E-state index in [0.29, 0.717) is 24.1 Å². The number of nitrogens with one attached hydrogen (secondary N) is 1. The lowest BCUT2D eigenvalue weighted by atomic mass is 10.1. The lowest BCUT2D eigenvalue weighted by Gasteiger charge is -2.00. The van der Waals surface area contributed by atoms with E-state index in [9.17, 15) is 0 Å².